The fourth-order valence-electron chi connectivity index (χ4n) is 3.73. The Kier molecular flexibility index (Phi) is 10.9. The third-order valence-electron chi connectivity index (χ3n) is 5.61. The van der Waals surface area contributed by atoms with E-state index in [4.69, 9.17) is 4.74 Å². The number of carbonyl (C=O) groups excluding carboxylic acids is 2. The maximum Gasteiger partial charge on any atom is 0.306 e. The molecule has 0 radical (unpaired) electrons. The molecule has 0 aromatic heterocycles. The van der Waals surface area contributed by atoms with Crippen molar-refractivity contribution in [2.75, 3.05) is 6.54 Å². The van der Waals surface area contributed by atoms with Crippen LogP contribution >= 0.6 is 0 Å². The van der Waals surface area contributed by atoms with Gasteiger partial charge >= 0.3 is 5.97 Å². The molecule has 1 aliphatic carbocycles. The summed E-state index contributed by atoms with van der Waals surface area (Å²) in [5, 5.41) is 2.91. The van der Waals surface area contributed by atoms with Crippen LogP contribution in [-0.4, -0.2) is 24.5 Å². The van der Waals surface area contributed by atoms with Crippen LogP contribution in [-0.2, 0) is 14.3 Å². The van der Waals surface area contributed by atoms with E-state index in [0.29, 0.717) is 11.3 Å². The van der Waals surface area contributed by atoms with Gasteiger partial charge in [0.2, 0.25) is 5.91 Å². The van der Waals surface area contributed by atoms with Gasteiger partial charge in [0.1, 0.15) is 6.10 Å². The van der Waals surface area contributed by atoms with Crippen LogP contribution in [0.2, 0.25) is 0 Å². The predicted octanol–water partition coefficient (Wildman–Crippen LogP) is 5.39. The van der Waals surface area contributed by atoms with Crippen LogP contribution in [0.1, 0.15) is 105 Å². The van der Waals surface area contributed by atoms with Crippen molar-refractivity contribution in [1.82, 2.24) is 5.32 Å². The van der Waals surface area contributed by atoms with Crippen LogP contribution in [0.5, 0.6) is 0 Å². The van der Waals surface area contributed by atoms with Gasteiger partial charge in [-0.3, -0.25) is 9.59 Å². The average molecular weight is 368 g/mol. The number of hydrogen-bond acceptors (Lipinski definition) is 3. The lowest BCUT2D eigenvalue weighted by Crippen LogP contribution is -2.31. The molecule has 1 N–H and O–H groups in total. The van der Waals surface area contributed by atoms with Crippen molar-refractivity contribution in [3.8, 4) is 0 Å². The summed E-state index contributed by atoms with van der Waals surface area (Å²) in [7, 11) is 0. The lowest BCUT2D eigenvalue weighted by molar-refractivity contribution is -0.152. The van der Waals surface area contributed by atoms with E-state index in [9.17, 15) is 9.59 Å². The maximum absolute atomic E-state index is 12.0. The van der Waals surface area contributed by atoms with E-state index in [1.54, 1.807) is 0 Å². The Balaban J connectivity index is 2.05. The summed E-state index contributed by atoms with van der Waals surface area (Å²) in [5.74, 6) is 0.455. The molecular weight excluding hydrogens is 326 g/mol. The molecule has 1 saturated carbocycles. The highest BCUT2D eigenvalue weighted by atomic mass is 16.5. The molecule has 0 unspecified atom stereocenters. The van der Waals surface area contributed by atoms with Crippen molar-refractivity contribution in [2.45, 2.75) is 111 Å². The summed E-state index contributed by atoms with van der Waals surface area (Å²) in [4.78, 5) is 23.8. The van der Waals surface area contributed by atoms with Crippen molar-refractivity contribution in [1.29, 1.82) is 0 Å². The molecule has 0 aliphatic heterocycles. The number of carbonyl (C=O) groups is 2. The molecule has 4 heteroatoms. The number of nitrogens with one attached hydrogen (secondary N) is 1. The zero-order valence-electron chi connectivity index (χ0n) is 17.6. The van der Waals surface area contributed by atoms with Gasteiger partial charge in [-0.05, 0) is 43.4 Å². The number of amides is 1. The number of ether oxygens (including phenoxy) is 1. The SMILES string of the molecule is CCCCCCCCNC(=O)CCC(=O)OC1CCC(C(C)(C)C)CC1. The van der Waals surface area contributed by atoms with Crippen molar-refractivity contribution in [3.63, 3.8) is 0 Å². The molecule has 26 heavy (non-hydrogen) atoms. The summed E-state index contributed by atoms with van der Waals surface area (Å²) in [5.41, 5.74) is 0.336. The summed E-state index contributed by atoms with van der Waals surface area (Å²) in [6.07, 6.45) is 11.9. The van der Waals surface area contributed by atoms with Crippen LogP contribution in [0.4, 0.5) is 0 Å². The molecule has 0 aromatic carbocycles. The minimum Gasteiger partial charge on any atom is -0.462 e. The van der Waals surface area contributed by atoms with E-state index >= 15 is 0 Å². The topological polar surface area (TPSA) is 55.4 Å². The highest BCUT2D eigenvalue weighted by Crippen LogP contribution is 2.38. The third-order valence-corrected chi connectivity index (χ3v) is 5.61. The molecule has 152 valence electrons. The number of esters is 1. The van der Waals surface area contributed by atoms with Crippen LogP contribution in [0.15, 0.2) is 0 Å². The molecule has 1 aliphatic rings. The number of hydrogen-bond donors (Lipinski definition) is 1. The van der Waals surface area contributed by atoms with Crippen molar-refractivity contribution in [3.05, 3.63) is 0 Å². The summed E-state index contributed by atoms with van der Waals surface area (Å²) in [6, 6.07) is 0. The second-order valence-electron chi connectivity index (χ2n) is 8.95. The van der Waals surface area contributed by atoms with Gasteiger partial charge in [-0.25, -0.2) is 0 Å². The van der Waals surface area contributed by atoms with Crippen molar-refractivity contribution < 1.29 is 14.3 Å². The van der Waals surface area contributed by atoms with Gasteiger partial charge in [0.05, 0.1) is 6.42 Å². The van der Waals surface area contributed by atoms with Crippen LogP contribution in [0.25, 0.3) is 0 Å². The average Bonchev–Trinajstić information content (AvgIpc) is 2.59. The fourth-order valence-corrected chi connectivity index (χ4v) is 3.73. The maximum atomic E-state index is 12.0. The van der Waals surface area contributed by atoms with Gasteiger partial charge in [0, 0.05) is 13.0 Å². The van der Waals surface area contributed by atoms with Gasteiger partial charge < -0.3 is 10.1 Å². The van der Waals surface area contributed by atoms with E-state index < -0.39 is 0 Å². The molecule has 0 spiro atoms. The first kappa shape index (κ1) is 23.0. The fraction of sp³-hybridized carbons (Fsp3) is 0.909. The first-order valence-electron chi connectivity index (χ1n) is 10.8. The van der Waals surface area contributed by atoms with Crippen molar-refractivity contribution >= 4 is 11.9 Å². The number of rotatable bonds is 11. The molecule has 0 heterocycles. The lowest BCUT2D eigenvalue weighted by atomic mass is 9.72. The zero-order chi connectivity index (χ0) is 19.4. The zero-order valence-corrected chi connectivity index (χ0v) is 17.6. The van der Waals surface area contributed by atoms with Gasteiger partial charge in [-0.1, -0.05) is 59.8 Å². The molecular formula is C22H41NO3. The molecule has 1 rings (SSSR count). The molecule has 0 bridgehead atoms. The Morgan fingerprint density at radius 3 is 2.15 bits per heavy atom. The molecule has 0 aromatic rings. The summed E-state index contributed by atoms with van der Waals surface area (Å²) >= 11 is 0. The van der Waals surface area contributed by atoms with Crippen LogP contribution in [0, 0.1) is 11.3 Å². The Morgan fingerprint density at radius 1 is 0.923 bits per heavy atom. The molecule has 1 fully saturated rings. The van der Waals surface area contributed by atoms with E-state index in [1.807, 2.05) is 0 Å². The summed E-state index contributed by atoms with van der Waals surface area (Å²) < 4.78 is 5.56. The molecule has 0 saturated heterocycles. The smallest absolute Gasteiger partial charge is 0.306 e. The highest BCUT2D eigenvalue weighted by Gasteiger charge is 2.31. The predicted molar refractivity (Wildman–Crippen MR) is 107 cm³/mol. The Hall–Kier alpha value is -1.06. The van der Waals surface area contributed by atoms with E-state index in [-0.39, 0.29) is 30.8 Å². The normalized spacial score (nSPS) is 20.6. The second-order valence-corrected chi connectivity index (χ2v) is 8.95. The molecule has 4 nitrogen and oxygen atoms in total. The van der Waals surface area contributed by atoms with E-state index in [2.05, 4.69) is 33.0 Å². The minimum absolute atomic E-state index is 0.0352. The highest BCUT2D eigenvalue weighted by molar-refractivity contribution is 5.81. The Morgan fingerprint density at radius 2 is 1.54 bits per heavy atom. The molecule has 1 amide bonds. The van der Waals surface area contributed by atoms with Crippen LogP contribution < -0.4 is 5.32 Å². The van der Waals surface area contributed by atoms with Crippen LogP contribution in [0.3, 0.4) is 0 Å². The van der Waals surface area contributed by atoms with Gasteiger partial charge in [0.15, 0.2) is 0 Å². The molecule has 0 atom stereocenters. The largest absolute Gasteiger partial charge is 0.462 e. The quantitative estimate of drug-likeness (QED) is 0.393. The van der Waals surface area contributed by atoms with E-state index in [0.717, 1.165) is 38.6 Å². The lowest BCUT2D eigenvalue weighted by Gasteiger charge is -2.36. The van der Waals surface area contributed by atoms with E-state index in [1.165, 1.54) is 32.1 Å². The summed E-state index contributed by atoms with van der Waals surface area (Å²) in [6.45, 7) is 9.79. The third kappa shape index (κ3) is 10.2. The first-order valence-corrected chi connectivity index (χ1v) is 10.8. The monoisotopic (exact) mass is 367 g/mol. The van der Waals surface area contributed by atoms with Gasteiger partial charge in [0.25, 0.3) is 0 Å². The van der Waals surface area contributed by atoms with Crippen molar-refractivity contribution in [2.24, 2.45) is 11.3 Å². The first-order chi connectivity index (χ1) is 12.3. The standard InChI is InChI=1S/C22H41NO3/c1-5-6-7-8-9-10-17-23-20(24)15-16-21(25)26-19-13-11-18(12-14-19)22(2,3)4/h18-19H,5-17H2,1-4H3,(H,23,24). The Bertz CT molecular complexity index is 406. The second kappa shape index (κ2) is 12.3. The minimum atomic E-state index is -0.223. The van der Waals surface area contributed by atoms with Gasteiger partial charge in [-0.2, -0.15) is 0 Å². The number of unbranched alkanes of at least 4 members (excludes halogenated alkanes) is 5. The van der Waals surface area contributed by atoms with Gasteiger partial charge in [-0.15, -0.1) is 0 Å². The Labute approximate surface area is 160 Å².